The highest BCUT2D eigenvalue weighted by Gasteiger charge is 2.54. The Morgan fingerprint density at radius 1 is 0.524 bits per heavy atom. The standard InChI is InChI=1S/C38H30N4/c1-38(2)31-22-11-9-20-29(31)34-33(38)30-21-10-12-23-32(30)42(34)28-19-13-18-27(24-28)37-40-35(25-14-5-3-6-15-25)39-36(41-37)26-16-7-4-8-17-26/h3-24,33-34H,1-2H3. The fourth-order valence-corrected chi connectivity index (χ4v) is 7.08. The maximum Gasteiger partial charge on any atom is 0.164 e. The van der Waals surface area contributed by atoms with Crippen molar-refractivity contribution in [2.45, 2.75) is 31.2 Å². The van der Waals surface area contributed by atoms with Crippen LogP contribution in [0.3, 0.4) is 0 Å². The number of rotatable bonds is 4. The van der Waals surface area contributed by atoms with E-state index in [2.05, 4.69) is 91.5 Å². The van der Waals surface area contributed by atoms with Crippen LogP contribution < -0.4 is 4.90 Å². The van der Waals surface area contributed by atoms with Crippen LogP contribution in [0.15, 0.2) is 133 Å². The van der Waals surface area contributed by atoms with Crippen LogP contribution in [0.2, 0.25) is 0 Å². The summed E-state index contributed by atoms with van der Waals surface area (Å²) in [7, 11) is 0. The van der Waals surface area contributed by atoms with Gasteiger partial charge in [0.2, 0.25) is 0 Å². The molecule has 1 aliphatic carbocycles. The second kappa shape index (κ2) is 9.49. The molecule has 0 N–H and O–H groups in total. The van der Waals surface area contributed by atoms with E-state index < -0.39 is 0 Å². The summed E-state index contributed by atoms with van der Waals surface area (Å²) in [6.07, 6.45) is 0. The van der Waals surface area contributed by atoms with Gasteiger partial charge in [-0.1, -0.05) is 129 Å². The Morgan fingerprint density at radius 3 is 1.71 bits per heavy atom. The SMILES string of the molecule is CC1(C)c2ccccc2C2C1c1ccccc1N2c1cccc(-c2nc(-c3ccccc3)nc(-c3ccccc3)n2)c1. The number of hydrogen-bond donors (Lipinski definition) is 0. The van der Waals surface area contributed by atoms with Gasteiger partial charge in [-0.05, 0) is 40.3 Å². The number of nitrogens with zero attached hydrogens (tertiary/aromatic N) is 4. The largest absolute Gasteiger partial charge is 0.333 e. The van der Waals surface area contributed by atoms with Gasteiger partial charge < -0.3 is 4.90 Å². The smallest absolute Gasteiger partial charge is 0.164 e. The second-order valence-electron chi connectivity index (χ2n) is 11.7. The van der Waals surface area contributed by atoms with Gasteiger partial charge in [0.15, 0.2) is 17.5 Å². The summed E-state index contributed by atoms with van der Waals surface area (Å²) in [6.45, 7) is 4.79. The van der Waals surface area contributed by atoms with Crippen LogP contribution in [0.25, 0.3) is 34.2 Å². The summed E-state index contributed by atoms with van der Waals surface area (Å²) < 4.78 is 0. The molecule has 8 rings (SSSR count). The van der Waals surface area contributed by atoms with Crippen molar-refractivity contribution in [2.24, 2.45) is 0 Å². The van der Waals surface area contributed by atoms with E-state index in [4.69, 9.17) is 15.0 Å². The van der Waals surface area contributed by atoms with E-state index in [0.29, 0.717) is 23.4 Å². The Morgan fingerprint density at radius 2 is 1.05 bits per heavy atom. The van der Waals surface area contributed by atoms with Crippen LogP contribution in [0.4, 0.5) is 11.4 Å². The Hall–Kier alpha value is -5.09. The lowest BCUT2D eigenvalue weighted by Crippen LogP contribution is -2.25. The highest BCUT2D eigenvalue weighted by Crippen LogP contribution is 2.64. The van der Waals surface area contributed by atoms with Crippen molar-refractivity contribution in [3.8, 4) is 34.2 Å². The van der Waals surface area contributed by atoms with Crippen LogP contribution in [-0.4, -0.2) is 15.0 Å². The predicted octanol–water partition coefficient (Wildman–Crippen LogP) is 9.14. The first-order valence-electron chi connectivity index (χ1n) is 14.5. The van der Waals surface area contributed by atoms with Crippen molar-refractivity contribution in [3.63, 3.8) is 0 Å². The van der Waals surface area contributed by atoms with Crippen molar-refractivity contribution in [2.75, 3.05) is 4.90 Å². The second-order valence-corrected chi connectivity index (χ2v) is 11.7. The van der Waals surface area contributed by atoms with E-state index in [-0.39, 0.29) is 11.5 Å². The minimum absolute atomic E-state index is 0.0209. The summed E-state index contributed by atoms with van der Waals surface area (Å²) in [6, 6.07) is 47.1. The highest BCUT2D eigenvalue weighted by atomic mass is 15.2. The Balaban J connectivity index is 1.29. The summed E-state index contributed by atoms with van der Waals surface area (Å²) in [5.74, 6) is 2.37. The average molecular weight is 543 g/mol. The van der Waals surface area contributed by atoms with E-state index in [9.17, 15) is 0 Å². The first-order valence-corrected chi connectivity index (χ1v) is 14.5. The summed E-state index contributed by atoms with van der Waals surface area (Å²) in [4.78, 5) is 17.4. The third-order valence-electron chi connectivity index (χ3n) is 8.96. The Kier molecular flexibility index (Phi) is 5.58. The fraction of sp³-hybridized carbons (Fsp3) is 0.132. The Labute approximate surface area is 246 Å². The molecule has 202 valence electrons. The molecule has 0 saturated carbocycles. The van der Waals surface area contributed by atoms with Gasteiger partial charge in [-0.25, -0.2) is 15.0 Å². The first kappa shape index (κ1) is 24.7. The molecule has 1 aromatic heterocycles. The zero-order valence-electron chi connectivity index (χ0n) is 23.6. The molecule has 0 fully saturated rings. The van der Waals surface area contributed by atoms with E-state index >= 15 is 0 Å². The average Bonchev–Trinajstić information content (AvgIpc) is 3.52. The molecular formula is C38H30N4. The molecule has 4 nitrogen and oxygen atoms in total. The van der Waals surface area contributed by atoms with Crippen LogP contribution in [-0.2, 0) is 5.41 Å². The van der Waals surface area contributed by atoms with E-state index in [1.807, 2.05) is 60.7 Å². The van der Waals surface area contributed by atoms with Gasteiger partial charge >= 0.3 is 0 Å². The van der Waals surface area contributed by atoms with Crippen molar-refractivity contribution < 1.29 is 0 Å². The molecule has 5 aromatic carbocycles. The molecule has 4 heteroatoms. The minimum Gasteiger partial charge on any atom is -0.333 e. The molecule has 1 aliphatic heterocycles. The molecular weight excluding hydrogens is 512 g/mol. The molecule has 0 radical (unpaired) electrons. The number of anilines is 2. The van der Waals surface area contributed by atoms with Crippen molar-refractivity contribution >= 4 is 11.4 Å². The molecule has 0 saturated heterocycles. The lowest BCUT2D eigenvalue weighted by atomic mass is 9.75. The monoisotopic (exact) mass is 542 g/mol. The lowest BCUT2D eigenvalue weighted by Gasteiger charge is -2.30. The van der Waals surface area contributed by atoms with Crippen molar-refractivity contribution in [1.82, 2.24) is 15.0 Å². The van der Waals surface area contributed by atoms with E-state index in [1.165, 1.54) is 22.4 Å². The topological polar surface area (TPSA) is 41.9 Å². The summed E-state index contributed by atoms with van der Waals surface area (Å²) >= 11 is 0. The van der Waals surface area contributed by atoms with Crippen molar-refractivity contribution in [3.05, 3.63) is 150 Å². The van der Waals surface area contributed by atoms with Crippen LogP contribution in [0.1, 0.15) is 42.5 Å². The van der Waals surface area contributed by atoms with Gasteiger partial charge in [-0.3, -0.25) is 0 Å². The van der Waals surface area contributed by atoms with Gasteiger partial charge in [0.05, 0.1) is 6.04 Å². The third-order valence-corrected chi connectivity index (χ3v) is 8.96. The highest BCUT2D eigenvalue weighted by molar-refractivity contribution is 5.79. The van der Waals surface area contributed by atoms with Gasteiger partial charge in [0.25, 0.3) is 0 Å². The van der Waals surface area contributed by atoms with Gasteiger partial charge in [-0.2, -0.15) is 0 Å². The number of aromatic nitrogens is 3. The number of benzene rings is 5. The fourth-order valence-electron chi connectivity index (χ4n) is 7.08. The third kappa shape index (κ3) is 3.79. The summed E-state index contributed by atoms with van der Waals surface area (Å²) in [5, 5.41) is 0. The summed E-state index contributed by atoms with van der Waals surface area (Å²) in [5.41, 5.74) is 9.60. The van der Waals surface area contributed by atoms with Crippen LogP contribution in [0, 0.1) is 0 Å². The van der Waals surface area contributed by atoms with E-state index in [1.54, 1.807) is 0 Å². The minimum atomic E-state index is 0.0209. The maximum atomic E-state index is 5.00. The zero-order chi connectivity index (χ0) is 28.3. The Bertz CT molecular complexity index is 1870. The molecule has 0 bridgehead atoms. The molecule has 2 heterocycles. The molecule has 0 spiro atoms. The number of para-hydroxylation sites is 1. The van der Waals surface area contributed by atoms with Gasteiger partial charge in [0, 0.05) is 34.0 Å². The molecule has 2 unspecified atom stereocenters. The lowest BCUT2D eigenvalue weighted by molar-refractivity contribution is 0.420. The number of hydrogen-bond acceptors (Lipinski definition) is 4. The van der Waals surface area contributed by atoms with E-state index in [0.717, 1.165) is 22.4 Å². The molecule has 2 atom stereocenters. The molecule has 2 aliphatic rings. The maximum absolute atomic E-state index is 5.00. The van der Waals surface area contributed by atoms with Crippen LogP contribution in [0.5, 0.6) is 0 Å². The van der Waals surface area contributed by atoms with Crippen LogP contribution >= 0.6 is 0 Å². The van der Waals surface area contributed by atoms with Gasteiger partial charge in [0.1, 0.15) is 0 Å². The normalized spacial score (nSPS) is 17.9. The van der Waals surface area contributed by atoms with Gasteiger partial charge in [-0.15, -0.1) is 0 Å². The molecule has 6 aromatic rings. The quantitative estimate of drug-likeness (QED) is 0.223. The first-order chi connectivity index (χ1) is 20.6. The zero-order valence-corrected chi connectivity index (χ0v) is 23.6. The predicted molar refractivity (Wildman–Crippen MR) is 170 cm³/mol. The van der Waals surface area contributed by atoms with Crippen molar-refractivity contribution in [1.29, 1.82) is 0 Å². The molecule has 0 amide bonds. The molecule has 42 heavy (non-hydrogen) atoms. The number of fused-ring (bicyclic) bond motifs is 5.